The van der Waals surface area contributed by atoms with Crippen LogP contribution in [-0.4, -0.2) is 67.7 Å². The van der Waals surface area contributed by atoms with E-state index in [1.165, 1.54) is 4.90 Å². The first-order chi connectivity index (χ1) is 13.1. The fraction of sp³-hybridized carbons (Fsp3) is 0.278. The van der Waals surface area contributed by atoms with Crippen molar-refractivity contribution < 1.29 is 19.4 Å². The number of pyridine rings is 1. The molecule has 1 aliphatic heterocycles. The van der Waals surface area contributed by atoms with Gasteiger partial charge in [0.2, 0.25) is 0 Å². The zero-order valence-corrected chi connectivity index (χ0v) is 14.6. The van der Waals surface area contributed by atoms with Crippen molar-refractivity contribution in [2.75, 3.05) is 19.7 Å². The van der Waals surface area contributed by atoms with Crippen LogP contribution in [0.4, 0.5) is 0 Å². The van der Waals surface area contributed by atoms with Gasteiger partial charge in [-0.1, -0.05) is 11.3 Å². The van der Waals surface area contributed by atoms with Gasteiger partial charge in [-0.15, -0.1) is 5.10 Å². The molecule has 1 fully saturated rings. The van der Waals surface area contributed by atoms with E-state index < -0.39 is 12.1 Å². The number of benzene rings is 1. The second-order valence-electron chi connectivity index (χ2n) is 6.23. The molecule has 1 amide bonds. The van der Waals surface area contributed by atoms with Crippen molar-refractivity contribution in [1.82, 2.24) is 24.9 Å². The lowest BCUT2D eigenvalue weighted by Gasteiger charge is -2.30. The van der Waals surface area contributed by atoms with Gasteiger partial charge in [0.15, 0.2) is 11.8 Å². The first-order valence-corrected chi connectivity index (χ1v) is 8.46. The molecule has 0 bridgehead atoms. The molecule has 3 heterocycles. The third-order valence-electron chi connectivity index (χ3n) is 4.58. The largest absolute Gasteiger partial charge is 0.479 e. The summed E-state index contributed by atoms with van der Waals surface area (Å²) in [5, 5.41) is 18.2. The molecule has 0 unspecified atom stereocenters. The number of morpholine rings is 1. The molecule has 3 aromatic rings. The number of hydrogen-bond donors (Lipinski definition) is 1. The van der Waals surface area contributed by atoms with Crippen molar-refractivity contribution in [1.29, 1.82) is 0 Å². The van der Waals surface area contributed by atoms with Gasteiger partial charge in [0.25, 0.3) is 5.91 Å². The van der Waals surface area contributed by atoms with Crippen LogP contribution in [0.5, 0.6) is 0 Å². The average Bonchev–Trinajstić information content (AvgIpc) is 3.08. The highest BCUT2D eigenvalue weighted by molar-refractivity contribution is 5.94. The standard InChI is InChI=1S/C18H17N5O4/c1-11-16(17(24)22-8-9-27-15(10-22)18(25)26)20-21-23(11)14-6-2-5-13-12(14)4-3-7-19-13/h2-7,15H,8-10H2,1H3,(H,25,26)/t15-/m1/s1. The summed E-state index contributed by atoms with van der Waals surface area (Å²) in [6.07, 6.45) is 0.689. The molecular weight excluding hydrogens is 350 g/mol. The van der Waals surface area contributed by atoms with Crippen molar-refractivity contribution >= 4 is 22.8 Å². The van der Waals surface area contributed by atoms with Gasteiger partial charge in [0.05, 0.1) is 30.0 Å². The minimum Gasteiger partial charge on any atom is -0.479 e. The van der Waals surface area contributed by atoms with E-state index in [9.17, 15) is 9.59 Å². The number of carboxylic acids is 1. The third kappa shape index (κ3) is 3.02. The molecule has 4 rings (SSSR count). The number of aromatic nitrogens is 4. The maximum atomic E-state index is 12.8. The van der Waals surface area contributed by atoms with Crippen molar-refractivity contribution in [3.05, 3.63) is 47.9 Å². The summed E-state index contributed by atoms with van der Waals surface area (Å²) in [5.74, 6) is -1.44. The lowest BCUT2D eigenvalue weighted by atomic mass is 10.1. The van der Waals surface area contributed by atoms with Gasteiger partial charge >= 0.3 is 5.97 Å². The second-order valence-corrected chi connectivity index (χ2v) is 6.23. The minimum atomic E-state index is -1.09. The van der Waals surface area contributed by atoms with Gasteiger partial charge in [0, 0.05) is 18.1 Å². The molecule has 1 aliphatic rings. The van der Waals surface area contributed by atoms with Crippen LogP contribution in [0.15, 0.2) is 36.5 Å². The zero-order valence-electron chi connectivity index (χ0n) is 14.6. The Morgan fingerprint density at radius 2 is 2.11 bits per heavy atom. The van der Waals surface area contributed by atoms with Crippen molar-refractivity contribution in [2.24, 2.45) is 0 Å². The summed E-state index contributed by atoms with van der Waals surface area (Å²) in [6.45, 7) is 2.23. The Hall–Kier alpha value is -3.33. The summed E-state index contributed by atoms with van der Waals surface area (Å²) < 4.78 is 6.77. The number of carbonyl (C=O) groups is 2. The van der Waals surface area contributed by atoms with Gasteiger partial charge in [-0.2, -0.15) is 0 Å². The number of fused-ring (bicyclic) bond motifs is 1. The molecule has 0 saturated carbocycles. The quantitative estimate of drug-likeness (QED) is 0.736. The van der Waals surface area contributed by atoms with Gasteiger partial charge in [0.1, 0.15) is 0 Å². The molecule has 1 atom stereocenters. The molecule has 138 valence electrons. The number of hydrogen-bond acceptors (Lipinski definition) is 6. The predicted molar refractivity (Wildman–Crippen MR) is 94.7 cm³/mol. The van der Waals surface area contributed by atoms with Crippen LogP contribution in [-0.2, 0) is 9.53 Å². The highest BCUT2D eigenvalue weighted by Gasteiger charge is 2.31. The van der Waals surface area contributed by atoms with E-state index in [4.69, 9.17) is 9.84 Å². The van der Waals surface area contributed by atoms with Crippen LogP contribution in [0.1, 0.15) is 16.2 Å². The normalized spacial score (nSPS) is 17.2. The Bertz CT molecular complexity index is 1030. The molecule has 0 spiro atoms. The Kier molecular flexibility index (Phi) is 4.28. The van der Waals surface area contributed by atoms with Crippen LogP contribution in [0.25, 0.3) is 16.6 Å². The van der Waals surface area contributed by atoms with E-state index in [0.29, 0.717) is 12.2 Å². The highest BCUT2D eigenvalue weighted by atomic mass is 16.5. The Morgan fingerprint density at radius 1 is 1.26 bits per heavy atom. The lowest BCUT2D eigenvalue weighted by Crippen LogP contribution is -2.48. The van der Waals surface area contributed by atoms with E-state index in [1.54, 1.807) is 17.8 Å². The van der Waals surface area contributed by atoms with E-state index in [1.807, 2.05) is 30.3 Å². The Morgan fingerprint density at radius 3 is 2.93 bits per heavy atom. The van der Waals surface area contributed by atoms with Gasteiger partial charge in [-0.05, 0) is 31.2 Å². The fourth-order valence-corrected chi connectivity index (χ4v) is 3.16. The fourth-order valence-electron chi connectivity index (χ4n) is 3.16. The van der Waals surface area contributed by atoms with Crippen LogP contribution >= 0.6 is 0 Å². The van der Waals surface area contributed by atoms with Gasteiger partial charge in [-0.3, -0.25) is 9.78 Å². The molecule has 9 nitrogen and oxygen atoms in total. The summed E-state index contributed by atoms with van der Waals surface area (Å²) >= 11 is 0. The topological polar surface area (TPSA) is 110 Å². The molecule has 0 aliphatic carbocycles. The third-order valence-corrected chi connectivity index (χ3v) is 4.58. The van der Waals surface area contributed by atoms with E-state index in [-0.39, 0.29) is 24.8 Å². The van der Waals surface area contributed by atoms with Crippen molar-refractivity contribution in [3.63, 3.8) is 0 Å². The SMILES string of the molecule is Cc1c(C(=O)N2CCO[C@@H](C(=O)O)C2)nnn1-c1cccc2ncccc12. The molecule has 1 N–H and O–H groups in total. The molecule has 1 aromatic carbocycles. The summed E-state index contributed by atoms with van der Waals surface area (Å²) in [6, 6.07) is 9.42. The molecular formula is C18H17N5O4. The van der Waals surface area contributed by atoms with Gasteiger partial charge in [-0.25, -0.2) is 9.48 Å². The number of ether oxygens (including phenoxy) is 1. The summed E-state index contributed by atoms with van der Waals surface area (Å²) in [7, 11) is 0. The zero-order chi connectivity index (χ0) is 19.0. The minimum absolute atomic E-state index is 0.0152. The first-order valence-electron chi connectivity index (χ1n) is 8.46. The first kappa shape index (κ1) is 17.1. The van der Waals surface area contributed by atoms with Crippen LogP contribution in [0, 0.1) is 6.92 Å². The smallest absolute Gasteiger partial charge is 0.334 e. The van der Waals surface area contributed by atoms with E-state index in [2.05, 4.69) is 15.3 Å². The maximum absolute atomic E-state index is 12.8. The van der Waals surface area contributed by atoms with Crippen LogP contribution in [0.2, 0.25) is 0 Å². The summed E-state index contributed by atoms with van der Waals surface area (Å²) in [5.41, 5.74) is 2.36. The van der Waals surface area contributed by atoms with Crippen molar-refractivity contribution in [2.45, 2.75) is 13.0 Å². The molecule has 0 radical (unpaired) electrons. The van der Waals surface area contributed by atoms with Gasteiger partial charge < -0.3 is 14.7 Å². The van der Waals surface area contributed by atoms with Crippen LogP contribution < -0.4 is 0 Å². The number of carbonyl (C=O) groups excluding carboxylic acids is 1. The Balaban J connectivity index is 1.68. The van der Waals surface area contributed by atoms with Crippen LogP contribution in [0.3, 0.4) is 0 Å². The number of nitrogens with zero attached hydrogens (tertiary/aromatic N) is 5. The highest BCUT2D eigenvalue weighted by Crippen LogP contribution is 2.22. The lowest BCUT2D eigenvalue weighted by molar-refractivity contribution is -0.154. The second kappa shape index (κ2) is 6.76. The summed E-state index contributed by atoms with van der Waals surface area (Å²) in [4.78, 5) is 29.8. The molecule has 9 heteroatoms. The number of amides is 1. The number of carboxylic acid groups (broad SMARTS) is 1. The van der Waals surface area contributed by atoms with E-state index in [0.717, 1.165) is 16.6 Å². The molecule has 1 saturated heterocycles. The maximum Gasteiger partial charge on any atom is 0.334 e. The molecule has 2 aromatic heterocycles. The number of rotatable bonds is 3. The predicted octanol–water partition coefficient (Wildman–Crippen LogP) is 1.05. The average molecular weight is 367 g/mol. The number of aliphatic carboxylic acids is 1. The Labute approximate surface area is 154 Å². The monoisotopic (exact) mass is 367 g/mol. The van der Waals surface area contributed by atoms with E-state index >= 15 is 0 Å². The molecule has 27 heavy (non-hydrogen) atoms. The van der Waals surface area contributed by atoms with Crippen molar-refractivity contribution in [3.8, 4) is 5.69 Å².